The molecular weight excluding hydrogens is 398 g/mol. The topological polar surface area (TPSA) is 88.9 Å². The van der Waals surface area contributed by atoms with Gasteiger partial charge in [0, 0.05) is 12.5 Å². The van der Waals surface area contributed by atoms with Gasteiger partial charge in [-0.2, -0.15) is 0 Å². The highest BCUT2D eigenvalue weighted by Gasteiger charge is 2.31. The predicted octanol–water partition coefficient (Wildman–Crippen LogP) is 3.65. The number of hydrogen-bond acceptors (Lipinski definition) is 5. The molecule has 0 saturated heterocycles. The molecule has 1 saturated carbocycles. The summed E-state index contributed by atoms with van der Waals surface area (Å²) in [5.74, 6) is 0.964. The lowest BCUT2D eigenvalue weighted by Gasteiger charge is -2.10. The average Bonchev–Trinajstić information content (AvgIpc) is 3.53. The summed E-state index contributed by atoms with van der Waals surface area (Å²) in [4.78, 5) is 29.1. The fraction of sp³-hybridized carbons (Fsp3) is 0.273. The smallest absolute Gasteiger partial charge is 0.321 e. The van der Waals surface area contributed by atoms with E-state index in [1.165, 1.54) is 11.8 Å². The summed E-state index contributed by atoms with van der Waals surface area (Å²) in [7, 11) is 0. The van der Waals surface area contributed by atoms with Crippen molar-refractivity contribution in [2.24, 2.45) is 0 Å². The monoisotopic (exact) mass is 421 g/mol. The van der Waals surface area contributed by atoms with Gasteiger partial charge in [0.1, 0.15) is 5.82 Å². The first-order valence-electron chi connectivity index (χ1n) is 9.92. The molecular formula is C22H23N5O2S. The quantitative estimate of drug-likeness (QED) is 0.569. The standard InChI is InChI=1S/C22H23N5O2S/c1-15(20(28)25-21(29)23-14-16-8-4-2-5-9-16)30-22-24-19(17-12-13-17)27(26-22)18-10-6-3-7-11-18/h2-11,15,17H,12-14H2,1H3,(H2,23,25,28,29)/t15-/m1/s1. The van der Waals surface area contributed by atoms with E-state index in [1.807, 2.05) is 65.3 Å². The van der Waals surface area contributed by atoms with Crippen LogP contribution in [-0.4, -0.2) is 32.0 Å². The van der Waals surface area contributed by atoms with Crippen molar-refractivity contribution in [2.75, 3.05) is 0 Å². The van der Waals surface area contributed by atoms with Crippen LogP contribution in [0.15, 0.2) is 65.8 Å². The molecule has 1 heterocycles. The Bertz CT molecular complexity index is 1020. The zero-order chi connectivity index (χ0) is 20.9. The minimum absolute atomic E-state index is 0.356. The number of para-hydroxylation sites is 1. The molecule has 2 N–H and O–H groups in total. The van der Waals surface area contributed by atoms with Crippen molar-refractivity contribution < 1.29 is 9.59 Å². The molecule has 0 bridgehead atoms. The second-order valence-corrected chi connectivity index (χ2v) is 8.50. The van der Waals surface area contributed by atoms with Gasteiger partial charge in [0.25, 0.3) is 0 Å². The van der Waals surface area contributed by atoms with E-state index < -0.39 is 11.3 Å². The molecule has 7 nitrogen and oxygen atoms in total. The lowest BCUT2D eigenvalue weighted by molar-refractivity contribution is -0.119. The van der Waals surface area contributed by atoms with Crippen LogP contribution in [0.25, 0.3) is 5.69 Å². The SMILES string of the molecule is C[C@@H](Sc1nc(C2CC2)n(-c2ccccc2)n1)C(=O)NC(=O)NCc1ccccc1. The van der Waals surface area contributed by atoms with Gasteiger partial charge in [0.05, 0.1) is 10.9 Å². The predicted molar refractivity (Wildman–Crippen MR) is 115 cm³/mol. The number of urea groups is 1. The number of amides is 3. The first-order chi connectivity index (χ1) is 14.6. The van der Waals surface area contributed by atoms with Gasteiger partial charge >= 0.3 is 6.03 Å². The van der Waals surface area contributed by atoms with Crippen LogP contribution in [0.4, 0.5) is 4.79 Å². The highest BCUT2D eigenvalue weighted by molar-refractivity contribution is 8.00. The van der Waals surface area contributed by atoms with Crippen LogP contribution in [0.1, 0.15) is 37.1 Å². The average molecular weight is 422 g/mol. The highest BCUT2D eigenvalue weighted by atomic mass is 32.2. The number of carbonyl (C=O) groups is 2. The molecule has 3 aromatic rings. The summed E-state index contributed by atoms with van der Waals surface area (Å²) < 4.78 is 1.86. The maximum atomic E-state index is 12.4. The number of carbonyl (C=O) groups excluding carboxylic acids is 2. The van der Waals surface area contributed by atoms with Crippen molar-refractivity contribution >= 4 is 23.7 Å². The van der Waals surface area contributed by atoms with Crippen molar-refractivity contribution in [1.29, 1.82) is 0 Å². The van der Waals surface area contributed by atoms with Crippen molar-refractivity contribution in [3.05, 3.63) is 72.1 Å². The minimum Gasteiger partial charge on any atom is -0.334 e. The van der Waals surface area contributed by atoms with E-state index in [-0.39, 0.29) is 5.91 Å². The maximum Gasteiger partial charge on any atom is 0.321 e. The number of nitrogens with one attached hydrogen (secondary N) is 2. The molecule has 4 rings (SSSR count). The Balaban J connectivity index is 1.35. The lowest BCUT2D eigenvalue weighted by Crippen LogP contribution is -2.42. The van der Waals surface area contributed by atoms with Crippen LogP contribution in [0.2, 0.25) is 0 Å². The number of nitrogens with zero attached hydrogens (tertiary/aromatic N) is 3. The van der Waals surface area contributed by atoms with E-state index in [0.717, 1.165) is 29.9 Å². The third-order valence-corrected chi connectivity index (χ3v) is 5.69. The van der Waals surface area contributed by atoms with Crippen LogP contribution in [0, 0.1) is 0 Å². The van der Waals surface area contributed by atoms with Crippen LogP contribution >= 0.6 is 11.8 Å². The fourth-order valence-corrected chi connectivity index (χ4v) is 3.72. The van der Waals surface area contributed by atoms with E-state index in [1.54, 1.807) is 6.92 Å². The number of benzene rings is 2. The van der Waals surface area contributed by atoms with Crippen molar-refractivity contribution in [3.63, 3.8) is 0 Å². The number of hydrogen-bond donors (Lipinski definition) is 2. The lowest BCUT2D eigenvalue weighted by atomic mass is 10.2. The third-order valence-electron chi connectivity index (χ3n) is 4.74. The first kappa shape index (κ1) is 20.2. The highest BCUT2D eigenvalue weighted by Crippen LogP contribution is 2.40. The normalized spacial score (nSPS) is 14.2. The molecule has 30 heavy (non-hydrogen) atoms. The van der Waals surface area contributed by atoms with Gasteiger partial charge in [-0.3, -0.25) is 10.1 Å². The maximum absolute atomic E-state index is 12.4. The van der Waals surface area contributed by atoms with Crippen LogP contribution in [0.3, 0.4) is 0 Å². The molecule has 1 aromatic heterocycles. The summed E-state index contributed by atoms with van der Waals surface area (Å²) in [6.45, 7) is 2.10. The summed E-state index contributed by atoms with van der Waals surface area (Å²) in [6, 6.07) is 18.9. The molecule has 8 heteroatoms. The van der Waals surface area contributed by atoms with Crippen LogP contribution in [-0.2, 0) is 11.3 Å². The summed E-state index contributed by atoms with van der Waals surface area (Å²) in [6.07, 6.45) is 2.21. The molecule has 0 radical (unpaired) electrons. The molecule has 1 aliphatic rings. The van der Waals surface area contributed by atoms with Gasteiger partial charge in [-0.25, -0.2) is 14.5 Å². The Morgan fingerprint density at radius 2 is 1.77 bits per heavy atom. The Morgan fingerprint density at radius 1 is 1.10 bits per heavy atom. The van der Waals surface area contributed by atoms with Gasteiger partial charge in [-0.1, -0.05) is 60.3 Å². The van der Waals surface area contributed by atoms with E-state index in [0.29, 0.717) is 17.6 Å². The second kappa shape index (κ2) is 9.13. The van der Waals surface area contributed by atoms with Gasteiger partial charge in [0.15, 0.2) is 0 Å². The number of imide groups is 1. The molecule has 2 aromatic carbocycles. The van der Waals surface area contributed by atoms with Gasteiger partial charge in [-0.05, 0) is 37.5 Å². The molecule has 154 valence electrons. The molecule has 1 fully saturated rings. The van der Waals surface area contributed by atoms with E-state index >= 15 is 0 Å². The van der Waals surface area contributed by atoms with Gasteiger partial charge < -0.3 is 5.32 Å². The number of aromatic nitrogens is 3. The van der Waals surface area contributed by atoms with E-state index in [2.05, 4.69) is 20.7 Å². The Kier molecular flexibility index (Phi) is 6.13. The molecule has 0 aliphatic heterocycles. The van der Waals surface area contributed by atoms with Crippen molar-refractivity contribution in [3.8, 4) is 5.69 Å². The molecule has 0 unspecified atom stereocenters. The summed E-state index contributed by atoms with van der Waals surface area (Å²) >= 11 is 1.25. The Hall–Kier alpha value is -3.13. The van der Waals surface area contributed by atoms with E-state index in [9.17, 15) is 9.59 Å². The van der Waals surface area contributed by atoms with Gasteiger partial charge in [0.2, 0.25) is 11.1 Å². The second-order valence-electron chi connectivity index (χ2n) is 7.19. The van der Waals surface area contributed by atoms with Crippen LogP contribution < -0.4 is 10.6 Å². The summed E-state index contributed by atoms with van der Waals surface area (Å²) in [5.41, 5.74) is 1.92. The van der Waals surface area contributed by atoms with Crippen LogP contribution in [0.5, 0.6) is 0 Å². The Morgan fingerprint density at radius 3 is 2.43 bits per heavy atom. The number of thioether (sulfide) groups is 1. The molecule has 1 atom stereocenters. The zero-order valence-electron chi connectivity index (χ0n) is 16.6. The number of rotatable bonds is 7. The minimum atomic E-state index is -0.516. The zero-order valence-corrected chi connectivity index (χ0v) is 17.4. The molecule has 0 spiro atoms. The van der Waals surface area contributed by atoms with Crippen molar-refractivity contribution in [2.45, 2.75) is 42.6 Å². The largest absolute Gasteiger partial charge is 0.334 e. The van der Waals surface area contributed by atoms with Crippen molar-refractivity contribution in [1.82, 2.24) is 25.4 Å². The Labute approximate surface area is 179 Å². The molecule has 3 amide bonds. The third kappa shape index (κ3) is 5.07. The molecule has 1 aliphatic carbocycles. The van der Waals surface area contributed by atoms with E-state index in [4.69, 9.17) is 0 Å². The summed E-state index contributed by atoms with van der Waals surface area (Å²) in [5, 5.41) is 9.71. The first-order valence-corrected chi connectivity index (χ1v) is 10.8. The fourth-order valence-electron chi connectivity index (χ4n) is 2.97. The van der Waals surface area contributed by atoms with Gasteiger partial charge in [-0.15, -0.1) is 5.10 Å².